The van der Waals surface area contributed by atoms with Crippen LogP contribution in [0.2, 0.25) is 0 Å². The summed E-state index contributed by atoms with van der Waals surface area (Å²) in [5.74, 6) is 0.175. The molecule has 136 valence electrons. The molecule has 4 heteroatoms. The van der Waals surface area contributed by atoms with E-state index in [1.54, 1.807) is 4.90 Å². The summed E-state index contributed by atoms with van der Waals surface area (Å²) >= 11 is 0. The highest BCUT2D eigenvalue weighted by Crippen LogP contribution is 2.44. The summed E-state index contributed by atoms with van der Waals surface area (Å²) in [6, 6.07) is 16.7. The van der Waals surface area contributed by atoms with E-state index in [-0.39, 0.29) is 30.1 Å². The SMILES string of the molecule is CC1(C)C(CO)CCN1C(=O)OCC1c2ccccc2-c2ccccc21. The van der Waals surface area contributed by atoms with Gasteiger partial charge >= 0.3 is 6.09 Å². The molecule has 1 saturated heterocycles. The van der Waals surface area contributed by atoms with E-state index in [1.165, 1.54) is 22.3 Å². The molecule has 4 nitrogen and oxygen atoms in total. The number of likely N-dealkylation sites (tertiary alicyclic amines) is 1. The van der Waals surface area contributed by atoms with Gasteiger partial charge in [-0.2, -0.15) is 0 Å². The van der Waals surface area contributed by atoms with E-state index in [1.807, 2.05) is 38.1 Å². The van der Waals surface area contributed by atoms with Gasteiger partial charge in [0.25, 0.3) is 0 Å². The van der Waals surface area contributed by atoms with Crippen LogP contribution in [-0.2, 0) is 4.74 Å². The lowest BCUT2D eigenvalue weighted by Crippen LogP contribution is -2.47. The van der Waals surface area contributed by atoms with Crippen molar-refractivity contribution < 1.29 is 14.6 Å². The van der Waals surface area contributed by atoms with Crippen molar-refractivity contribution in [1.29, 1.82) is 0 Å². The van der Waals surface area contributed by atoms with E-state index in [4.69, 9.17) is 4.74 Å². The molecule has 0 bridgehead atoms. The molecule has 1 amide bonds. The molecule has 1 fully saturated rings. The average molecular weight is 351 g/mol. The third kappa shape index (κ3) is 2.60. The molecule has 0 spiro atoms. The van der Waals surface area contributed by atoms with Gasteiger partial charge in [0.15, 0.2) is 0 Å². The second-order valence-corrected chi connectivity index (χ2v) is 7.78. The van der Waals surface area contributed by atoms with Crippen molar-refractivity contribution in [2.45, 2.75) is 31.7 Å². The summed E-state index contributed by atoms with van der Waals surface area (Å²) in [6.07, 6.45) is 0.529. The number of carbonyl (C=O) groups is 1. The number of rotatable bonds is 3. The molecule has 4 rings (SSSR count). The minimum absolute atomic E-state index is 0.0747. The van der Waals surface area contributed by atoms with Crippen LogP contribution in [0.5, 0.6) is 0 Å². The summed E-state index contributed by atoms with van der Waals surface area (Å²) in [6.45, 7) is 5.07. The molecule has 0 aromatic heterocycles. The Labute approximate surface area is 154 Å². The molecule has 26 heavy (non-hydrogen) atoms. The smallest absolute Gasteiger partial charge is 0.410 e. The highest BCUT2D eigenvalue weighted by Gasteiger charge is 2.44. The molecule has 1 aliphatic carbocycles. The van der Waals surface area contributed by atoms with E-state index in [2.05, 4.69) is 24.3 Å². The minimum Gasteiger partial charge on any atom is -0.448 e. The van der Waals surface area contributed by atoms with Gasteiger partial charge in [0.2, 0.25) is 0 Å². The predicted molar refractivity (Wildman–Crippen MR) is 101 cm³/mol. The lowest BCUT2D eigenvalue weighted by atomic mass is 9.89. The van der Waals surface area contributed by atoms with Gasteiger partial charge in [-0.15, -0.1) is 0 Å². The number of hydrogen-bond donors (Lipinski definition) is 1. The van der Waals surface area contributed by atoms with Crippen LogP contribution in [-0.4, -0.2) is 41.4 Å². The summed E-state index contributed by atoms with van der Waals surface area (Å²) < 4.78 is 5.76. The Bertz CT molecular complexity index is 784. The Kier molecular flexibility index (Phi) is 4.23. The molecule has 1 atom stereocenters. The molecule has 1 N–H and O–H groups in total. The van der Waals surface area contributed by atoms with Crippen LogP contribution >= 0.6 is 0 Å². The standard InChI is InChI=1S/C22H25NO3/c1-22(2)15(13-24)11-12-23(22)21(25)26-14-20-18-9-5-3-7-16(18)17-8-4-6-10-19(17)20/h3-10,15,20,24H,11-14H2,1-2H3. The van der Waals surface area contributed by atoms with Gasteiger partial charge in [0.1, 0.15) is 6.61 Å². The fraction of sp³-hybridized carbons (Fsp3) is 0.409. The summed E-state index contributed by atoms with van der Waals surface area (Å²) in [7, 11) is 0. The van der Waals surface area contributed by atoms with Crippen LogP contribution in [0.1, 0.15) is 37.3 Å². The molecule has 0 radical (unpaired) electrons. The number of aliphatic hydroxyl groups excluding tert-OH is 1. The summed E-state index contributed by atoms with van der Waals surface area (Å²) in [5, 5.41) is 9.54. The topological polar surface area (TPSA) is 49.8 Å². The Balaban J connectivity index is 1.53. The lowest BCUT2D eigenvalue weighted by Gasteiger charge is -2.34. The summed E-state index contributed by atoms with van der Waals surface area (Å²) in [5.41, 5.74) is 4.51. The number of carbonyl (C=O) groups excluding carboxylic acids is 1. The molecular formula is C22H25NO3. The van der Waals surface area contributed by atoms with Crippen molar-refractivity contribution in [2.24, 2.45) is 5.92 Å². The fourth-order valence-corrected chi connectivity index (χ4v) is 4.46. The Hall–Kier alpha value is -2.33. The van der Waals surface area contributed by atoms with Crippen LogP contribution in [0, 0.1) is 5.92 Å². The molecule has 0 saturated carbocycles. The fourth-order valence-electron chi connectivity index (χ4n) is 4.46. The molecule has 2 aromatic rings. The monoisotopic (exact) mass is 351 g/mol. The summed E-state index contributed by atoms with van der Waals surface area (Å²) in [4.78, 5) is 14.5. The number of fused-ring (bicyclic) bond motifs is 3. The molecule has 1 heterocycles. The van der Waals surface area contributed by atoms with Gasteiger partial charge in [0.05, 0.1) is 0 Å². The number of benzene rings is 2. The zero-order valence-corrected chi connectivity index (χ0v) is 15.3. The number of nitrogens with zero attached hydrogens (tertiary/aromatic N) is 1. The van der Waals surface area contributed by atoms with Crippen LogP contribution in [0.3, 0.4) is 0 Å². The van der Waals surface area contributed by atoms with Crippen molar-refractivity contribution in [3.63, 3.8) is 0 Å². The van der Waals surface area contributed by atoms with Gasteiger partial charge in [0, 0.05) is 30.5 Å². The van der Waals surface area contributed by atoms with Gasteiger partial charge in [-0.3, -0.25) is 0 Å². The Morgan fingerprint density at radius 2 is 1.69 bits per heavy atom. The van der Waals surface area contributed by atoms with Crippen LogP contribution in [0.15, 0.2) is 48.5 Å². The van der Waals surface area contributed by atoms with E-state index in [0.717, 1.165) is 6.42 Å². The van der Waals surface area contributed by atoms with E-state index in [0.29, 0.717) is 13.2 Å². The Morgan fingerprint density at radius 1 is 1.12 bits per heavy atom. The van der Waals surface area contributed by atoms with Crippen molar-refractivity contribution in [2.75, 3.05) is 19.8 Å². The maximum absolute atomic E-state index is 12.7. The zero-order chi connectivity index (χ0) is 18.3. The number of amides is 1. The van der Waals surface area contributed by atoms with Crippen molar-refractivity contribution >= 4 is 6.09 Å². The first kappa shape index (κ1) is 17.1. The second kappa shape index (κ2) is 6.44. The highest BCUT2D eigenvalue weighted by atomic mass is 16.6. The van der Waals surface area contributed by atoms with Gasteiger partial charge in [-0.05, 0) is 42.5 Å². The van der Waals surface area contributed by atoms with Crippen LogP contribution in [0.25, 0.3) is 11.1 Å². The zero-order valence-electron chi connectivity index (χ0n) is 15.3. The van der Waals surface area contributed by atoms with Crippen molar-refractivity contribution in [3.8, 4) is 11.1 Å². The third-order valence-corrected chi connectivity index (χ3v) is 6.17. The van der Waals surface area contributed by atoms with Gasteiger partial charge in [-0.1, -0.05) is 48.5 Å². The average Bonchev–Trinajstić information content (AvgIpc) is 3.13. The maximum Gasteiger partial charge on any atom is 0.410 e. The van der Waals surface area contributed by atoms with Gasteiger partial charge in [-0.25, -0.2) is 4.79 Å². The van der Waals surface area contributed by atoms with Crippen molar-refractivity contribution in [3.05, 3.63) is 59.7 Å². The highest BCUT2D eigenvalue weighted by molar-refractivity contribution is 5.79. The molecule has 1 aliphatic heterocycles. The number of hydrogen-bond acceptors (Lipinski definition) is 3. The molecular weight excluding hydrogens is 326 g/mol. The first-order valence-electron chi connectivity index (χ1n) is 9.27. The third-order valence-electron chi connectivity index (χ3n) is 6.17. The van der Waals surface area contributed by atoms with E-state index in [9.17, 15) is 9.90 Å². The predicted octanol–water partition coefficient (Wildman–Crippen LogP) is 4.03. The molecule has 1 unspecified atom stereocenters. The van der Waals surface area contributed by atoms with E-state index < -0.39 is 0 Å². The van der Waals surface area contributed by atoms with Gasteiger partial charge < -0.3 is 14.7 Å². The number of ether oxygens (including phenoxy) is 1. The van der Waals surface area contributed by atoms with Crippen LogP contribution in [0.4, 0.5) is 4.79 Å². The molecule has 2 aliphatic rings. The van der Waals surface area contributed by atoms with Crippen LogP contribution < -0.4 is 0 Å². The first-order valence-corrected chi connectivity index (χ1v) is 9.27. The lowest BCUT2D eigenvalue weighted by molar-refractivity contribution is 0.0597. The normalized spacial score (nSPS) is 20.7. The maximum atomic E-state index is 12.7. The quantitative estimate of drug-likeness (QED) is 0.908. The first-order chi connectivity index (χ1) is 12.5. The van der Waals surface area contributed by atoms with Crippen molar-refractivity contribution in [1.82, 2.24) is 4.90 Å². The van der Waals surface area contributed by atoms with E-state index >= 15 is 0 Å². The molecule has 2 aromatic carbocycles. The largest absolute Gasteiger partial charge is 0.448 e. The minimum atomic E-state index is -0.378. The number of aliphatic hydroxyl groups is 1. The second-order valence-electron chi connectivity index (χ2n) is 7.78. The Morgan fingerprint density at radius 3 is 2.23 bits per heavy atom.